The normalized spacial score (nSPS) is 16.1. The van der Waals surface area contributed by atoms with Crippen molar-refractivity contribution in [2.45, 2.75) is 19.3 Å². The smallest absolute Gasteiger partial charge is 0.254 e. The summed E-state index contributed by atoms with van der Waals surface area (Å²) in [5.41, 5.74) is 3.97. The number of carbonyl (C=O) groups is 2. The van der Waals surface area contributed by atoms with Crippen LogP contribution in [0, 0.1) is 6.92 Å². The summed E-state index contributed by atoms with van der Waals surface area (Å²) in [6, 6.07) is 15.4. The Morgan fingerprint density at radius 1 is 1.06 bits per heavy atom. The van der Waals surface area contributed by atoms with Gasteiger partial charge in [0.05, 0.1) is 26.3 Å². The molecule has 2 aromatic carbocycles. The Bertz CT molecular complexity index is 1360. The first-order valence-corrected chi connectivity index (χ1v) is 11.5. The van der Waals surface area contributed by atoms with E-state index in [4.69, 9.17) is 4.98 Å². The second kappa shape index (κ2) is 7.98. The number of nitrogens with zero attached hydrogens (tertiary/aromatic N) is 4. The van der Waals surface area contributed by atoms with E-state index in [-0.39, 0.29) is 17.7 Å². The molecule has 1 atom stereocenters. The van der Waals surface area contributed by atoms with Gasteiger partial charge in [0.15, 0.2) is 0 Å². The molecule has 2 amide bonds. The molecule has 32 heavy (non-hydrogen) atoms. The van der Waals surface area contributed by atoms with Crippen molar-refractivity contribution in [1.29, 1.82) is 0 Å². The first-order chi connectivity index (χ1) is 15.4. The molecule has 5 rings (SSSR count). The van der Waals surface area contributed by atoms with E-state index in [1.807, 2.05) is 60.4 Å². The van der Waals surface area contributed by atoms with Crippen LogP contribution >= 0.6 is 11.3 Å². The molecule has 1 aliphatic rings. The van der Waals surface area contributed by atoms with Crippen LogP contribution in [-0.4, -0.2) is 58.8 Å². The summed E-state index contributed by atoms with van der Waals surface area (Å²) in [4.78, 5) is 38.8. The molecule has 0 radical (unpaired) electrons. The number of thiazole rings is 1. The highest BCUT2D eigenvalue weighted by molar-refractivity contribution is 7.18. The van der Waals surface area contributed by atoms with Gasteiger partial charge in [-0.2, -0.15) is 0 Å². The van der Waals surface area contributed by atoms with Gasteiger partial charge in [-0.15, -0.1) is 11.3 Å². The van der Waals surface area contributed by atoms with Crippen molar-refractivity contribution >= 4 is 44.3 Å². The topological polar surface area (TPSA) is 66.4 Å². The summed E-state index contributed by atoms with van der Waals surface area (Å²) in [5, 5.41) is 1.85. The second-order valence-electron chi connectivity index (χ2n) is 8.46. The summed E-state index contributed by atoms with van der Waals surface area (Å²) in [7, 11) is 3.52. The van der Waals surface area contributed by atoms with Crippen LogP contribution in [-0.2, 0) is 0 Å². The van der Waals surface area contributed by atoms with Gasteiger partial charge in [-0.05, 0) is 43.7 Å². The number of pyridine rings is 1. The number of benzene rings is 2. The van der Waals surface area contributed by atoms with Gasteiger partial charge in [-0.25, -0.2) is 4.98 Å². The number of amides is 2. The molecule has 1 fully saturated rings. The lowest BCUT2D eigenvalue weighted by Crippen LogP contribution is -2.28. The number of fused-ring (bicyclic) bond motifs is 2. The minimum atomic E-state index is -0.0380. The van der Waals surface area contributed by atoms with Crippen LogP contribution in [0.25, 0.3) is 21.1 Å². The average molecular weight is 445 g/mol. The van der Waals surface area contributed by atoms with Crippen LogP contribution in [0.1, 0.15) is 43.8 Å². The van der Waals surface area contributed by atoms with E-state index >= 15 is 0 Å². The average Bonchev–Trinajstić information content (AvgIpc) is 3.42. The molecule has 6 nitrogen and oxygen atoms in total. The zero-order chi connectivity index (χ0) is 22.4. The van der Waals surface area contributed by atoms with E-state index < -0.39 is 0 Å². The van der Waals surface area contributed by atoms with Gasteiger partial charge in [-0.1, -0.05) is 18.2 Å². The summed E-state index contributed by atoms with van der Waals surface area (Å²) in [6.45, 7) is 3.25. The molecule has 1 unspecified atom stereocenters. The zero-order valence-electron chi connectivity index (χ0n) is 18.3. The molecule has 162 valence electrons. The van der Waals surface area contributed by atoms with Gasteiger partial charge in [0.1, 0.15) is 0 Å². The fraction of sp³-hybridized carbons (Fsp3) is 0.280. The minimum Gasteiger partial charge on any atom is -0.345 e. The van der Waals surface area contributed by atoms with Crippen molar-refractivity contribution in [1.82, 2.24) is 19.8 Å². The van der Waals surface area contributed by atoms with E-state index in [9.17, 15) is 9.59 Å². The number of para-hydroxylation sites is 1. The number of hydrogen-bond acceptors (Lipinski definition) is 5. The molecule has 0 saturated carbocycles. The Balaban J connectivity index is 1.43. The molecular formula is C25H24N4O2S. The van der Waals surface area contributed by atoms with E-state index in [0.717, 1.165) is 38.2 Å². The molecule has 2 aromatic heterocycles. The second-order valence-corrected chi connectivity index (χ2v) is 9.70. The van der Waals surface area contributed by atoms with Crippen molar-refractivity contribution < 1.29 is 9.59 Å². The Morgan fingerprint density at radius 2 is 1.88 bits per heavy atom. The summed E-state index contributed by atoms with van der Waals surface area (Å²) < 4.78 is 1.03. The Hall–Kier alpha value is -3.32. The highest BCUT2D eigenvalue weighted by Gasteiger charge is 2.30. The molecule has 1 aliphatic heterocycles. The first-order valence-electron chi connectivity index (χ1n) is 10.7. The van der Waals surface area contributed by atoms with E-state index in [0.29, 0.717) is 24.2 Å². The minimum absolute atomic E-state index is 0.0332. The van der Waals surface area contributed by atoms with Crippen molar-refractivity contribution in [2.75, 3.05) is 27.2 Å². The zero-order valence-corrected chi connectivity index (χ0v) is 19.1. The predicted molar refractivity (Wildman–Crippen MR) is 127 cm³/mol. The third-order valence-corrected chi connectivity index (χ3v) is 6.94. The largest absolute Gasteiger partial charge is 0.345 e. The molecule has 0 spiro atoms. The third-order valence-electron chi connectivity index (χ3n) is 6.01. The van der Waals surface area contributed by atoms with E-state index in [2.05, 4.69) is 4.98 Å². The highest BCUT2D eigenvalue weighted by atomic mass is 32.1. The molecular weight excluding hydrogens is 420 g/mol. The predicted octanol–water partition coefficient (Wildman–Crippen LogP) is 4.48. The molecule has 0 aliphatic carbocycles. The summed E-state index contributed by atoms with van der Waals surface area (Å²) in [6.07, 6.45) is 0.828. The highest BCUT2D eigenvalue weighted by Crippen LogP contribution is 2.31. The lowest BCUT2D eigenvalue weighted by atomic mass is 9.99. The monoisotopic (exact) mass is 444 g/mol. The number of aryl methyl sites for hydroxylation is 1. The van der Waals surface area contributed by atoms with Crippen LogP contribution in [0.5, 0.6) is 0 Å². The fourth-order valence-electron chi connectivity index (χ4n) is 4.36. The number of hydrogen-bond donors (Lipinski definition) is 0. The number of carbonyl (C=O) groups excluding carboxylic acids is 2. The lowest BCUT2D eigenvalue weighted by molar-refractivity contribution is 0.0789. The molecule has 4 aromatic rings. The molecule has 0 N–H and O–H groups in total. The van der Waals surface area contributed by atoms with Crippen molar-refractivity contribution in [3.63, 3.8) is 0 Å². The standard InChI is InChI=1S/C25H24N4O2S/c1-15-26-21-9-8-16(12-23(21)32-15)24(30)29-11-10-17(14-29)22-13-19(25(31)28(2)3)18-6-4-5-7-20(18)27-22/h4-9,12-13,17H,10-11,14H2,1-3H3. The van der Waals surface area contributed by atoms with E-state index in [1.165, 1.54) is 0 Å². The van der Waals surface area contributed by atoms with Crippen LogP contribution in [0.4, 0.5) is 0 Å². The molecule has 3 heterocycles. The first kappa shape index (κ1) is 20.6. The summed E-state index contributed by atoms with van der Waals surface area (Å²) in [5.74, 6) is 0.0985. The maximum absolute atomic E-state index is 13.2. The van der Waals surface area contributed by atoms with Gasteiger partial charge in [0.2, 0.25) is 0 Å². The van der Waals surface area contributed by atoms with Gasteiger partial charge < -0.3 is 9.80 Å². The molecule has 1 saturated heterocycles. The maximum Gasteiger partial charge on any atom is 0.254 e. The van der Waals surface area contributed by atoms with E-state index in [1.54, 1.807) is 30.3 Å². The Labute approximate surface area is 190 Å². The van der Waals surface area contributed by atoms with Crippen molar-refractivity contribution in [2.24, 2.45) is 0 Å². The lowest BCUT2D eigenvalue weighted by Gasteiger charge is -2.18. The van der Waals surface area contributed by atoms with Crippen LogP contribution < -0.4 is 0 Å². The van der Waals surface area contributed by atoms with Gasteiger partial charge in [0, 0.05) is 49.7 Å². The molecule has 0 bridgehead atoms. The van der Waals surface area contributed by atoms with Gasteiger partial charge in [0.25, 0.3) is 11.8 Å². The number of aromatic nitrogens is 2. The number of rotatable bonds is 3. The maximum atomic E-state index is 13.2. The van der Waals surface area contributed by atoms with Gasteiger partial charge in [-0.3, -0.25) is 14.6 Å². The van der Waals surface area contributed by atoms with Crippen molar-refractivity contribution in [3.8, 4) is 0 Å². The number of likely N-dealkylation sites (tertiary alicyclic amines) is 1. The fourth-order valence-corrected chi connectivity index (χ4v) is 5.23. The van der Waals surface area contributed by atoms with Crippen LogP contribution in [0.3, 0.4) is 0 Å². The SMILES string of the molecule is Cc1nc2ccc(C(=O)N3CCC(c4cc(C(=O)N(C)C)c5ccccc5n4)C3)cc2s1. The quantitative estimate of drug-likeness (QED) is 0.467. The Morgan fingerprint density at radius 3 is 2.69 bits per heavy atom. The molecule has 7 heteroatoms. The van der Waals surface area contributed by atoms with Crippen LogP contribution in [0.15, 0.2) is 48.5 Å². The van der Waals surface area contributed by atoms with Crippen molar-refractivity contribution in [3.05, 3.63) is 70.4 Å². The third kappa shape index (κ3) is 3.62. The van der Waals surface area contributed by atoms with Gasteiger partial charge >= 0.3 is 0 Å². The van der Waals surface area contributed by atoms with Crippen LogP contribution in [0.2, 0.25) is 0 Å². The summed E-state index contributed by atoms with van der Waals surface area (Å²) >= 11 is 1.60. The Kier molecular flexibility index (Phi) is 5.13.